The molecule has 0 atom stereocenters. The quantitative estimate of drug-likeness (QED) is 0.695. The maximum absolute atomic E-state index is 13.0. The zero-order chi connectivity index (χ0) is 17.4. The van der Waals surface area contributed by atoms with Crippen LogP contribution in [0, 0.1) is 5.82 Å². The molecule has 0 aliphatic carbocycles. The Morgan fingerprint density at radius 3 is 2.92 bits per heavy atom. The smallest absolute Gasteiger partial charge is 0.286 e. The van der Waals surface area contributed by atoms with Crippen LogP contribution in [0.15, 0.2) is 34.7 Å². The van der Waals surface area contributed by atoms with E-state index in [1.165, 1.54) is 18.2 Å². The Balaban J connectivity index is 1.81. The topological polar surface area (TPSA) is 60.7 Å². The van der Waals surface area contributed by atoms with Crippen molar-refractivity contribution in [2.45, 2.75) is 20.0 Å². The molecule has 7 heteroatoms. The lowest BCUT2D eigenvalue weighted by molar-refractivity contribution is 0.0913. The van der Waals surface area contributed by atoms with Crippen LogP contribution in [-0.4, -0.2) is 25.7 Å². The summed E-state index contributed by atoms with van der Waals surface area (Å²) in [5.74, 6) is 0.285. The highest BCUT2D eigenvalue weighted by molar-refractivity contribution is 6.32. The third kappa shape index (κ3) is 5.54. The molecule has 5 nitrogen and oxygen atoms in total. The van der Waals surface area contributed by atoms with Crippen molar-refractivity contribution in [1.82, 2.24) is 5.32 Å². The van der Waals surface area contributed by atoms with E-state index in [4.69, 9.17) is 25.5 Å². The number of halogens is 2. The molecule has 0 unspecified atom stereocenters. The monoisotopic (exact) mass is 355 g/mol. The average Bonchev–Trinajstić information content (AvgIpc) is 3.03. The van der Waals surface area contributed by atoms with E-state index < -0.39 is 5.82 Å². The van der Waals surface area contributed by atoms with Crippen LogP contribution in [0.3, 0.4) is 0 Å². The summed E-state index contributed by atoms with van der Waals surface area (Å²) in [6, 6.07) is 7.08. The van der Waals surface area contributed by atoms with Crippen LogP contribution >= 0.6 is 11.6 Å². The molecule has 0 bridgehead atoms. The molecular weight excluding hydrogens is 337 g/mol. The highest BCUT2D eigenvalue weighted by Crippen LogP contribution is 2.25. The summed E-state index contributed by atoms with van der Waals surface area (Å²) in [5, 5.41) is 2.92. The Hall–Kier alpha value is -2.05. The number of carbonyl (C=O) groups is 1. The number of furan rings is 1. The molecule has 0 fully saturated rings. The number of carbonyl (C=O) groups excluding carboxylic acids is 1. The molecule has 24 heavy (non-hydrogen) atoms. The van der Waals surface area contributed by atoms with Gasteiger partial charge in [-0.15, -0.1) is 0 Å². The maximum atomic E-state index is 13.0. The number of nitrogens with one attached hydrogen (secondary N) is 1. The van der Waals surface area contributed by atoms with Crippen LogP contribution in [0.5, 0.6) is 5.75 Å². The van der Waals surface area contributed by atoms with E-state index in [9.17, 15) is 9.18 Å². The average molecular weight is 356 g/mol. The van der Waals surface area contributed by atoms with Crippen LogP contribution in [0.4, 0.5) is 4.39 Å². The van der Waals surface area contributed by atoms with Gasteiger partial charge in [0.15, 0.2) is 5.76 Å². The van der Waals surface area contributed by atoms with Crippen LogP contribution in [0.1, 0.15) is 29.7 Å². The molecule has 0 saturated carbocycles. The fourth-order valence-electron chi connectivity index (χ4n) is 1.93. The number of ether oxygens (including phenoxy) is 2. The molecule has 2 aromatic rings. The second-order valence-corrected chi connectivity index (χ2v) is 5.34. The lowest BCUT2D eigenvalue weighted by Gasteiger charge is -2.06. The molecule has 1 aromatic heterocycles. The Labute approximate surface area is 144 Å². The summed E-state index contributed by atoms with van der Waals surface area (Å²) >= 11 is 5.87. The first-order chi connectivity index (χ1) is 11.6. The zero-order valence-electron chi connectivity index (χ0n) is 13.3. The predicted octanol–water partition coefficient (Wildman–Crippen LogP) is 3.81. The largest absolute Gasteiger partial charge is 0.484 e. The van der Waals surface area contributed by atoms with Crippen molar-refractivity contribution in [3.63, 3.8) is 0 Å². The fourth-order valence-corrected chi connectivity index (χ4v) is 2.15. The van der Waals surface area contributed by atoms with Gasteiger partial charge in [-0.05, 0) is 43.7 Å². The summed E-state index contributed by atoms with van der Waals surface area (Å²) in [5.41, 5.74) is 0. The van der Waals surface area contributed by atoms with E-state index in [0.29, 0.717) is 31.3 Å². The Morgan fingerprint density at radius 2 is 2.17 bits per heavy atom. The first-order valence-corrected chi connectivity index (χ1v) is 8.00. The normalized spacial score (nSPS) is 10.6. The lowest BCUT2D eigenvalue weighted by Crippen LogP contribution is -2.24. The molecule has 0 radical (unpaired) electrons. The van der Waals surface area contributed by atoms with Gasteiger partial charge in [-0.3, -0.25) is 4.79 Å². The Kier molecular flexibility index (Phi) is 7.08. The second kappa shape index (κ2) is 9.30. The molecular formula is C17H19ClFNO4. The Morgan fingerprint density at radius 1 is 1.33 bits per heavy atom. The number of hydrogen-bond donors (Lipinski definition) is 1. The minimum atomic E-state index is -0.436. The second-order valence-electron chi connectivity index (χ2n) is 4.94. The highest BCUT2D eigenvalue weighted by atomic mass is 35.5. The van der Waals surface area contributed by atoms with Gasteiger partial charge >= 0.3 is 0 Å². The van der Waals surface area contributed by atoms with E-state index in [0.717, 1.165) is 6.42 Å². The summed E-state index contributed by atoms with van der Waals surface area (Å²) in [7, 11) is 0. The zero-order valence-corrected chi connectivity index (χ0v) is 14.1. The first kappa shape index (κ1) is 18.3. The summed E-state index contributed by atoms with van der Waals surface area (Å²) in [6.45, 7) is 3.78. The SMILES string of the molecule is CCOCCCNC(=O)c1ccc(COc2ccc(F)cc2Cl)o1. The van der Waals surface area contributed by atoms with Gasteiger partial charge in [-0.25, -0.2) is 4.39 Å². The number of benzene rings is 1. The van der Waals surface area contributed by atoms with Crippen molar-refractivity contribution < 1.29 is 23.1 Å². The third-order valence-corrected chi connectivity index (χ3v) is 3.40. The van der Waals surface area contributed by atoms with Crippen LogP contribution in [0.2, 0.25) is 5.02 Å². The number of hydrogen-bond acceptors (Lipinski definition) is 4. The van der Waals surface area contributed by atoms with Crippen molar-refractivity contribution >= 4 is 17.5 Å². The van der Waals surface area contributed by atoms with Gasteiger partial charge in [-0.2, -0.15) is 0 Å². The highest BCUT2D eigenvalue weighted by Gasteiger charge is 2.11. The lowest BCUT2D eigenvalue weighted by atomic mass is 10.3. The summed E-state index contributed by atoms with van der Waals surface area (Å²) < 4.78 is 29.0. The van der Waals surface area contributed by atoms with E-state index in [2.05, 4.69) is 5.32 Å². The number of rotatable bonds is 9. The van der Waals surface area contributed by atoms with E-state index in [1.54, 1.807) is 12.1 Å². The van der Waals surface area contributed by atoms with Crippen molar-refractivity contribution in [1.29, 1.82) is 0 Å². The van der Waals surface area contributed by atoms with Crippen LogP contribution < -0.4 is 10.1 Å². The molecule has 1 N–H and O–H groups in total. The fraction of sp³-hybridized carbons (Fsp3) is 0.353. The van der Waals surface area contributed by atoms with E-state index in [1.807, 2.05) is 6.92 Å². The van der Waals surface area contributed by atoms with Crippen molar-refractivity contribution in [3.05, 3.63) is 52.7 Å². The van der Waals surface area contributed by atoms with Crippen LogP contribution in [0.25, 0.3) is 0 Å². The summed E-state index contributed by atoms with van der Waals surface area (Å²) in [4.78, 5) is 11.9. The summed E-state index contributed by atoms with van der Waals surface area (Å²) in [6.07, 6.45) is 0.735. The van der Waals surface area contributed by atoms with Crippen LogP contribution in [-0.2, 0) is 11.3 Å². The molecule has 0 spiro atoms. The molecule has 0 aliphatic rings. The van der Waals surface area contributed by atoms with Crippen molar-refractivity contribution in [3.8, 4) is 5.75 Å². The van der Waals surface area contributed by atoms with Crippen molar-refractivity contribution in [2.24, 2.45) is 0 Å². The minimum absolute atomic E-state index is 0.0863. The third-order valence-electron chi connectivity index (χ3n) is 3.10. The standard InChI is InChI=1S/C17H19ClFNO4/c1-2-22-9-3-8-20-17(21)16-7-5-13(24-16)11-23-15-6-4-12(19)10-14(15)18/h4-7,10H,2-3,8-9,11H2,1H3,(H,20,21). The molecule has 1 aromatic carbocycles. The van der Waals surface area contributed by atoms with Gasteiger partial charge in [0.1, 0.15) is 23.9 Å². The molecule has 1 amide bonds. The Bertz CT molecular complexity index is 674. The molecule has 1 heterocycles. The minimum Gasteiger partial charge on any atom is -0.484 e. The maximum Gasteiger partial charge on any atom is 0.286 e. The molecule has 2 rings (SSSR count). The number of amides is 1. The van der Waals surface area contributed by atoms with Crippen molar-refractivity contribution in [2.75, 3.05) is 19.8 Å². The van der Waals surface area contributed by atoms with Gasteiger partial charge in [0.05, 0.1) is 5.02 Å². The van der Waals surface area contributed by atoms with Gasteiger partial charge in [-0.1, -0.05) is 11.6 Å². The van der Waals surface area contributed by atoms with Gasteiger partial charge < -0.3 is 19.2 Å². The molecule has 0 aliphatic heterocycles. The predicted molar refractivity (Wildman–Crippen MR) is 87.9 cm³/mol. The van der Waals surface area contributed by atoms with Gasteiger partial charge in [0, 0.05) is 19.8 Å². The van der Waals surface area contributed by atoms with E-state index >= 15 is 0 Å². The van der Waals surface area contributed by atoms with E-state index in [-0.39, 0.29) is 23.3 Å². The van der Waals surface area contributed by atoms with Gasteiger partial charge in [0.2, 0.25) is 0 Å². The van der Waals surface area contributed by atoms with Gasteiger partial charge in [0.25, 0.3) is 5.91 Å². The molecule has 0 saturated heterocycles. The molecule has 130 valence electrons. The first-order valence-electron chi connectivity index (χ1n) is 7.62.